The third-order valence-electron chi connectivity index (χ3n) is 2.87. The molecule has 5 heteroatoms. The summed E-state index contributed by atoms with van der Waals surface area (Å²) >= 11 is 0. The van der Waals surface area contributed by atoms with E-state index in [-0.39, 0.29) is 11.9 Å². The maximum Gasteiger partial charge on any atom is 0.251 e. The fraction of sp³-hybridized carbons (Fsp3) is 0.312. The first-order valence-corrected chi connectivity index (χ1v) is 6.98. The van der Waals surface area contributed by atoms with Crippen LogP contribution in [0.15, 0.2) is 36.5 Å². The van der Waals surface area contributed by atoms with Crippen LogP contribution in [-0.2, 0) is 6.54 Å². The van der Waals surface area contributed by atoms with Crippen LogP contribution in [0.4, 0.5) is 5.69 Å². The van der Waals surface area contributed by atoms with Gasteiger partial charge in [-0.15, -0.1) is 0 Å². The van der Waals surface area contributed by atoms with Crippen molar-refractivity contribution in [3.63, 3.8) is 0 Å². The third kappa shape index (κ3) is 4.56. The van der Waals surface area contributed by atoms with Crippen molar-refractivity contribution in [1.82, 2.24) is 15.3 Å². The Morgan fingerprint density at radius 1 is 1.19 bits per heavy atom. The first-order chi connectivity index (χ1) is 10.0. The summed E-state index contributed by atoms with van der Waals surface area (Å²) < 4.78 is 0. The molecule has 1 amide bonds. The molecular weight excluding hydrogens is 264 g/mol. The van der Waals surface area contributed by atoms with Gasteiger partial charge in [-0.2, -0.15) is 0 Å². The molecule has 1 aromatic carbocycles. The number of aryl methyl sites for hydroxylation is 1. The van der Waals surface area contributed by atoms with Gasteiger partial charge in [0, 0.05) is 23.5 Å². The van der Waals surface area contributed by atoms with Crippen molar-refractivity contribution in [1.29, 1.82) is 0 Å². The summed E-state index contributed by atoms with van der Waals surface area (Å²) in [5.74, 6) is 0.706. The number of carbonyl (C=O) groups excluding carboxylic acids is 1. The molecule has 0 aliphatic carbocycles. The Balaban J connectivity index is 1.95. The van der Waals surface area contributed by atoms with E-state index in [9.17, 15) is 4.79 Å². The topological polar surface area (TPSA) is 66.9 Å². The van der Waals surface area contributed by atoms with Gasteiger partial charge in [0.25, 0.3) is 5.91 Å². The van der Waals surface area contributed by atoms with Crippen LogP contribution in [0.3, 0.4) is 0 Å². The fourth-order valence-electron chi connectivity index (χ4n) is 1.88. The first-order valence-electron chi connectivity index (χ1n) is 6.98. The van der Waals surface area contributed by atoms with E-state index in [0.29, 0.717) is 12.1 Å². The Kier molecular flexibility index (Phi) is 4.87. The van der Waals surface area contributed by atoms with Gasteiger partial charge in [-0.3, -0.25) is 4.79 Å². The second kappa shape index (κ2) is 6.83. The second-order valence-corrected chi connectivity index (χ2v) is 5.15. The minimum atomic E-state index is -0.0528. The van der Waals surface area contributed by atoms with Gasteiger partial charge in [-0.1, -0.05) is 0 Å². The van der Waals surface area contributed by atoms with Crippen LogP contribution in [0.2, 0.25) is 0 Å². The molecule has 0 fully saturated rings. The molecule has 1 aromatic heterocycles. The molecule has 5 nitrogen and oxygen atoms in total. The van der Waals surface area contributed by atoms with Crippen LogP contribution in [0.1, 0.15) is 35.7 Å². The summed E-state index contributed by atoms with van der Waals surface area (Å²) in [7, 11) is 0. The van der Waals surface area contributed by atoms with Gasteiger partial charge in [0.05, 0.1) is 12.2 Å². The quantitative estimate of drug-likeness (QED) is 0.885. The lowest BCUT2D eigenvalue weighted by Crippen LogP contribution is -2.29. The molecular formula is C16H20N4O. The smallest absolute Gasteiger partial charge is 0.251 e. The number of rotatable bonds is 5. The number of anilines is 1. The van der Waals surface area contributed by atoms with Gasteiger partial charge < -0.3 is 10.6 Å². The largest absolute Gasteiger partial charge is 0.379 e. The summed E-state index contributed by atoms with van der Waals surface area (Å²) in [6, 6.07) is 9.42. The van der Waals surface area contributed by atoms with Crippen molar-refractivity contribution in [2.75, 3.05) is 5.32 Å². The Morgan fingerprint density at radius 2 is 1.90 bits per heavy atom. The predicted molar refractivity (Wildman–Crippen MR) is 83.1 cm³/mol. The SMILES string of the molecule is Cc1nccc(CNc2ccc(C(=O)NC(C)C)cc2)n1. The predicted octanol–water partition coefficient (Wildman–Crippen LogP) is 2.54. The van der Waals surface area contributed by atoms with Crippen LogP contribution >= 0.6 is 0 Å². The van der Waals surface area contributed by atoms with Crippen molar-refractivity contribution in [2.45, 2.75) is 33.4 Å². The zero-order valence-electron chi connectivity index (χ0n) is 12.6. The van der Waals surface area contributed by atoms with E-state index < -0.39 is 0 Å². The number of nitrogens with zero attached hydrogens (tertiary/aromatic N) is 2. The van der Waals surface area contributed by atoms with E-state index in [1.54, 1.807) is 6.20 Å². The molecule has 0 radical (unpaired) electrons. The first kappa shape index (κ1) is 15.0. The standard InChI is InChI=1S/C16H20N4O/c1-11(2)19-16(21)13-4-6-14(7-5-13)18-10-15-8-9-17-12(3)20-15/h4-9,11,18H,10H2,1-3H3,(H,19,21). The lowest BCUT2D eigenvalue weighted by Gasteiger charge is -2.10. The highest BCUT2D eigenvalue weighted by atomic mass is 16.1. The molecule has 0 saturated heterocycles. The van der Waals surface area contributed by atoms with Crippen LogP contribution in [0, 0.1) is 6.92 Å². The molecule has 0 spiro atoms. The Bertz CT molecular complexity index is 608. The number of carbonyl (C=O) groups is 1. The van der Waals surface area contributed by atoms with Gasteiger partial charge in [0.15, 0.2) is 0 Å². The number of hydrogen-bond acceptors (Lipinski definition) is 4. The average molecular weight is 284 g/mol. The fourth-order valence-corrected chi connectivity index (χ4v) is 1.88. The maximum absolute atomic E-state index is 11.8. The van der Waals surface area contributed by atoms with Crippen molar-refractivity contribution < 1.29 is 4.79 Å². The van der Waals surface area contributed by atoms with E-state index in [2.05, 4.69) is 20.6 Å². The van der Waals surface area contributed by atoms with Crippen LogP contribution in [-0.4, -0.2) is 21.9 Å². The number of hydrogen-bond donors (Lipinski definition) is 2. The normalized spacial score (nSPS) is 10.5. The summed E-state index contributed by atoms with van der Waals surface area (Å²) in [5.41, 5.74) is 2.55. The van der Waals surface area contributed by atoms with E-state index in [4.69, 9.17) is 0 Å². The van der Waals surface area contributed by atoms with Gasteiger partial charge >= 0.3 is 0 Å². The molecule has 0 saturated carbocycles. The summed E-state index contributed by atoms with van der Waals surface area (Å²) in [5, 5.41) is 6.14. The maximum atomic E-state index is 11.8. The highest BCUT2D eigenvalue weighted by molar-refractivity contribution is 5.94. The van der Waals surface area contributed by atoms with Gasteiger partial charge in [-0.05, 0) is 51.1 Å². The molecule has 1 heterocycles. The highest BCUT2D eigenvalue weighted by Gasteiger charge is 2.06. The lowest BCUT2D eigenvalue weighted by molar-refractivity contribution is 0.0943. The minimum Gasteiger partial charge on any atom is -0.379 e. The van der Waals surface area contributed by atoms with Crippen molar-refractivity contribution in [3.8, 4) is 0 Å². The molecule has 2 aromatic rings. The van der Waals surface area contributed by atoms with E-state index in [0.717, 1.165) is 17.2 Å². The summed E-state index contributed by atoms with van der Waals surface area (Å²) in [4.78, 5) is 20.2. The summed E-state index contributed by atoms with van der Waals surface area (Å²) in [6.07, 6.45) is 1.75. The number of nitrogens with one attached hydrogen (secondary N) is 2. The van der Waals surface area contributed by atoms with Gasteiger partial charge in [0.2, 0.25) is 0 Å². The number of amides is 1. The molecule has 0 atom stereocenters. The molecule has 0 aliphatic rings. The minimum absolute atomic E-state index is 0.0528. The van der Waals surface area contributed by atoms with E-state index >= 15 is 0 Å². The van der Waals surface area contributed by atoms with Crippen LogP contribution in [0.25, 0.3) is 0 Å². The number of benzene rings is 1. The zero-order chi connectivity index (χ0) is 15.2. The summed E-state index contributed by atoms with van der Waals surface area (Å²) in [6.45, 7) is 6.38. The molecule has 2 rings (SSSR count). The van der Waals surface area contributed by atoms with Gasteiger partial charge in [-0.25, -0.2) is 9.97 Å². The molecule has 0 unspecified atom stereocenters. The van der Waals surface area contributed by atoms with Crippen molar-refractivity contribution in [2.24, 2.45) is 0 Å². The molecule has 110 valence electrons. The highest BCUT2D eigenvalue weighted by Crippen LogP contribution is 2.11. The van der Waals surface area contributed by atoms with E-state index in [1.807, 2.05) is 51.1 Å². The van der Waals surface area contributed by atoms with Gasteiger partial charge in [0.1, 0.15) is 5.82 Å². The zero-order valence-corrected chi connectivity index (χ0v) is 12.6. The average Bonchev–Trinajstić information content (AvgIpc) is 2.45. The van der Waals surface area contributed by atoms with Crippen LogP contribution in [0.5, 0.6) is 0 Å². The second-order valence-electron chi connectivity index (χ2n) is 5.15. The molecule has 21 heavy (non-hydrogen) atoms. The van der Waals surface area contributed by atoms with Crippen molar-refractivity contribution in [3.05, 3.63) is 53.6 Å². The Hall–Kier alpha value is -2.43. The number of aromatic nitrogens is 2. The Morgan fingerprint density at radius 3 is 2.52 bits per heavy atom. The Labute approximate surface area is 124 Å². The monoisotopic (exact) mass is 284 g/mol. The molecule has 0 bridgehead atoms. The third-order valence-corrected chi connectivity index (χ3v) is 2.87. The molecule has 0 aliphatic heterocycles. The lowest BCUT2D eigenvalue weighted by atomic mass is 10.2. The molecule has 2 N–H and O–H groups in total. The van der Waals surface area contributed by atoms with Crippen LogP contribution < -0.4 is 10.6 Å². The van der Waals surface area contributed by atoms with E-state index in [1.165, 1.54) is 0 Å². The van der Waals surface area contributed by atoms with Crippen molar-refractivity contribution >= 4 is 11.6 Å².